The topological polar surface area (TPSA) is 44.3 Å². The van der Waals surface area contributed by atoms with E-state index in [1.807, 2.05) is 7.05 Å². The molecule has 0 spiro atoms. The summed E-state index contributed by atoms with van der Waals surface area (Å²) in [6.45, 7) is 6.45. The van der Waals surface area contributed by atoms with Gasteiger partial charge in [0.1, 0.15) is 17.5 Å². The number of aromatic nitrogens is 2. The van der Waals surface area contributed by atoms with Gasteiger partial charge < -0.3 is 15.1 Å². The van der Waals surface area contributed by atoms with Gasteiger partial charge in [-0.05, 0) is 40.3 Å². The normalized spacial score (nSPS) is 16.6. The van der Waals surface area contributed by atoms with Crippen molar-refractivity contribution in [2.24, 2.45) is 0 Å². The molecule has 0 unspecified atom stereocenters. The third-order valence-corrected chi connectivity index (χ3v) is 4.37. The van der Waals surface area contributed by atoms with Crippen LogP contribution in [0.25, 0.3) is 0 Å². The van der Waals surface area contributed by atoms with Gasteiger partial charge in [-0.25, -0.2) is 9.97 Å². The van der Waals surface area contributed by atoms with Crippen molar-refractivity contribution in [3.8, 4) is 0 Å². The molecule has 0 atom stereocenters. The van der Waals surface area contributed by atoms with Crippen LogP contribution >= 0.6 is 0 Å². The predicted molar refractivity (Wildman–Crippen MR) is 89.2 cm³/mol. The van der Waals surface area contributed by atoms with E-state index >= 15 is 0 Å². The minimum atomic E-state index is 0.697. The predicted octanol–water partition coefficient (Wildman–Crippen LogP) is 2.31. The van der Waals surface area contributed by atoms with Gasteiger partial charge in [0.25, 0.3) is 0 Å². The SMILES string of the molecule is CCCc1nc(NC)c(C)c(N2CCC(N(C)C)CC2)n1. The maximum atomic E-state index is 4.83. The van der Waals surface area contributed by atoms with Crippen molar-refractivity contribution in [2.75, 3.05) is 44.4 Å². The minimum Gasteiger partial charge on any atom is -0.373 e. The second kappa shape index (κ2) is 7.07. The molecule has 21 heavy (non-hydrogen) atoms. The number of nitrogens with one attached hydrogen (secondary N) is 1. The molecule has 1 aliphatic heterocycles. The number of hydrogen-bond donors (Lipinski definition) is 1. The Bertz CT molecular complexity index is 464. The number of piperidine rings is 1. The Morgan fingerprint density at radius 1 is 1.24 bits per heavy atom. The molecule has 118 valence electrons. The van der Waals surface area contributed by atoms with Crippen molar-refractivity contribution in [3.63, 3.8) is 0 Å². The van der Waals surface area contributed by atoms with Crippen LogP contribution < -0.4 is 10.2 Å². The zero-order valence-corrected chi connectivity index (χ0v) is 14.1. The highest BCUT2D eigenvalue weighted by Crippen LogP contribution is 2.27. The largest absolute Gasteiger partial charge is 0.373 e. The highest BCUT2D eigenvalue weighted by molar-refractivity contribution is 5.58. The molecule has 0 radical (unpaired) electrons. The van der Waals surface area contributed by atoms with Gasteiger partial charge in [-0.2, -0.15) is 0 Å². The second-order valence-electron chi connectivity index (χ2n) is 6.12. The fourth-order valence-electron chi connectivity index (χ4n) is 3.03. The Balaban J connectivity index is 2.21. The fourth-order valence-corrected chi connectivity index (χ4v) is 3.03. The molecule has 0 aliphatic carbocycles. The van der Waals surface area contributed by atoms with E-state index in [0.717, 1.165) is 43.4 Å². The first-order valence-electron chi connectivity index (χ1n) is 8.03. The lowest BCUT2D eigenvalue weighted by Crippen LogP contribution is -2.42. The van der Waals surface area contributed by atoms with Gasteiger partial charge in [0.15, 0.2) is 0 Å². The summed E-state index contributed by atoms with van der Waals surface area (Å²) in [6.07, 6.45) is 4.42. The van der Waals surface area contributed by atoms with E-state index in [1.165, 1.54) is 18.4 Å². The summed E-state index contributed by atoms with van der Waals surface area (Å²) < 4.78 is 0. The Hall–Kier alpha value is -1.36. The van der Waals surface area contributed by atoms with Gasteiger partial charge in [-0.1, -0.05) is 6.92 Å². The van der Waals surface area contributed by atoms with Gasteiger partial charge in [0, 0.05) is 38.2 Å². The van der Waals surface area contributed by atoms with E-state index in [9.17, 15) is 0 Å². The average molecular weight is 291 g/mol. The molecule has 0 saturated carbocycles. The van der Waals surface area contributed by atoms with Gasteiger partial charge in [0.2, 0.25) is 0 Å². The first-order chi connectivity index (χ1) is 10.1. The molecule has 2 heterocycles. The van der Waals surface area contributed by atoms with Crippen molar-refractivity contribution in [1.82, 2.24) is 14.9 Å². The summed E-state index contributed by atoms with van der Waals surface area (Å²) in [4.78, 5) is 14.2. The van der Waals surface area contributed by atoms with Gasteiger partial charge in [-0.3, -0.25) is 0 Å². The molecule has 5 nitrogen and oxygen atoms in total. The summed E-state index contributed by atoms with van der Waals surface area (Å²) in [5.41, 5.74) is 1.17. The number of anilines is 2. The van der Waals surface area contributed by atoms with E-state index in [2.05, 4.69) is 48.0 Å². The van der Waals surface area contributed by atoms with E-state index in [4.69, 9.17) is 4.98 Å². The minimum absolute atomic E-state index is 0.697. The quantitative estimate of drug-likeness (QED) is 0.902. The molecule has 0 aromatic carbocycles. The van der Waals surface area contributed by atoms with Crippen LogP contribution in [0.15, 0.2) is 0 Å². The van der Waals surface area contributed by atoms with Crippen LogP contribution in [-0.4, -0.2) is 55.1 Å². The molecule has 1 fully saturated rings. The lowest BCUT2D eigenvalue weighted by Gasteiger charge is -2.36. The molecule has 0 amide bonds. The van der Waals surface area contributed by atoms with Crippen molar-refractivity contribution >= 4 is 11.6 Å². The molecule has 1 N–H and O–H groups in total. The zero-order chi connectivity index (χ0) is 15.4. The van der Waals surface area contributed by atoms with Crippen molar-refractivity contribution < 1.29 is 0 Å². The maximum Gasteiger partial charge on any atom is 0.137 e. The lowest BCUT2D eigenvalue weighted by atomic mass is 10.0. The average Bonchev–Trinajstić information content (AvgIpc) is 2.49. The highest BCUT2D eigenvalue weighted by Gasteiger charge is 2.23. The third-order valence-electron chi connectivity index (χ3n) is 4.37. The Kier molecular flexibility index (Phi) is 5.39. The number of rotatable bonds is 5. The molecule has 0 bridgehead atoms. The van der Waals surface area contributed by atoms with Gasteiger partial charge >= 0.3 is 0 Å². The molecule has 1 saturated heterocycles. The standard InChI is InChI=1S/C16H29N5/c1-6-7-14-18-15(17-3)12(2)16(19-14)21-10-8-13(9-11-21)20(4)5/h13H,6-11H2,1-5H3,(H,17,18,19). The lowest BCUT2D eigenvalue weighted by molar-refractivity contribution is 0.249. The van der Waals surface area contributed by atoms with Crippen molar-refractivity contribution in [2.45, 2.75) is 45.6 Å². The second-order valence-corrected chi connectivity index (χ2v) is 6.12. The summed E-state index contributed by atoms with van der Waals surface area (Å²) >= 11 is 0. The molecule has 1 aromatic rings. The van der Waals surface area contributed by atoms with E-state index in [1.54, 1.807) is 0 Å². The van der Waals surface area contributed by atoms with E-state index in [0.29, 0.717) is 6.04 Å². The first kappa shape index (κ1) is 16.0. The van der Waals surface area contributed by atoms with Crippen LogP contribution in [-0.2, 0) is 6.42 Å². The Labute approximate surface area is 128 Å². The highest BCUT2D eigenvalue weighted by atomic mass is 15.2. The summed E-state index contributed by atoms with van der Waals surface area (Å²) in [5.74, 6) is 3.05. The van der Waals surface area contributed by atoms with E-state index < -0.39 is 0 Å². The van der Waals surface area contributed by atoms with Crippen LogP contribution in [0, 0.1) is 6.92 Å². The van der Waals surface area contributed by atoms with Gasteiger partial charge in [0.05, 0.1) is 0 Å². The first-order valence-corrected chi connectivity index (χ1v) is 8.03. The zero-order valence-electron chi connectivity index (χ0n) is 14.1. The smallest absolute Gasteiger partial charge is 0.137 e. The molecular formula is C16H29N5. The summed E-state index contributed by atoms with van der Waals surface area (Å²) in [7, 11) is 6.29. The summed E-state index contributed by atoms with van der Waals surface area (Å²) in [6, 6.07) is 0.697. The molecule has 5 heteroatoms. The van der Waals surface area contributed by atoms with Crippen molar-refractivity contribution in [1.29, 1.82) is 0 Å². The van der Waals surface area contributed by atoms with Crippen molar-refractivity contribution in [3.05, 3.63) is 11.4 Å². The Morgan fingerprint density at radius 3 is 2.43 bits per heavy atom. The monoisotopic (exact) mass is 291 g/mol. The fraction of sp³-hybridized carbons (Fsp3) is 0.750. The summed E-state index contributed by atoms with van der Waals surface area (Å²) in [5, 5.41) is 3.21. The van der Waals surface area contributed by atoms with Gasteiger partial charge in [-0.15, -0.1) is 0 Å². The third kappa shape index (κ3) is 3.64. The molecule has 1 aliphatic rings. The molecular weight excluding hydrogens is 262 g/mol. The van der Waals surface area contributed by atoms with Crippen LogP contribution in [0.5, 0.6) is 0 Å². The Morgan fingerprint density at radius 2 is 1.90 bits per heavy atom. The molecule has 2 rings (SSSR count). The number of aryl methyl sites for hydroxylation is 1. The number of nitrogens with zero attached hydrogens (tertiary/aromatic N) is 4. The van der Waals surface area contributed by atoms with Crippen LogP contribution in [0.3, 0.4) is 0 Å². The molecule has 1 aromatic heterocycles. The van der Waals surface area contributed by atoms with Crippen LogP contribution in [0.1, 0.15) is 37.6 Å². The van der Waals surface area contributed by atoms with E-state index in [-0.39, 0.29) is 0 Å². The van der Waals surface area contributed by atoms with Crippen LogP contribution in [0.2, 0.25) is 0 Å². The number of hydrogen-bond acceptors (Lipinski definition) is 5. The van der Waals surface area contributed by atoms with Crippen LogP contribution in [0.4, 0.5) is 11.6 Å². The maximum absolute atomic E-state index is 4.83.